The van der Waals surface area contributed by atoms with E-state index in [-0.39, 0.29) is 28.7 Å². The highest BCUT2D eigenvalue weighted by molar-refractivity contribution is 7.52. The van der Waals surface area contributed by atoms with Crippen molar-refractivity contribution in [2.24, 2.45) is 0 Å². The van der Waals surface area contributed by atoms with Crippen molar-refractivity contribution < 1.29 is 37.4 Å². The average molecular weight is 602 g/mol. The molecule has 14 nitrogen and oxygen atoms in total. The van der Waals surface area contributed by atoms with Crippen LogP contribution in [-0.2, 0) is 23.4 Å². The molecule has 1 aliphatic heterocycles. The number of nitrogens with two attached hydrogens (primary N) is 1. The van der Waals surface area contributed by atoms with Crippen LogP contribution in [0.25, 0.3) is 11.2 Å². The number of para-hydroxylation sites is 1. The van der Waals surface area contributed by atoms with Gasteiger partial charge in [-0.15, -0.1) is 0 Å². The number of ether oxygens (including phenoxy) is 2. The Morgan fingerprint density at radius 2 is 2.02 bits per heavy atom. The maximum Gasteiger partial charge on any atom is 0.459 e. The van der Waals surface area contributed by atoms with Crippen molar-refractivity contribution in [3.05, 3.63) is 36.7 Å². The normalized spacial score (nSPS) is 25.1. The second kappa shape index (κ2) is 11.8. The molecule has 2 aromatic heterocycles. The third-order valence-corrected chi connectivity index (χ3v) is 7.80. The molecule has 40 heavy (non-hydrogen) atoms. The summed E-state index contributed by atoms with van der Waals surface area (Å²) in [6, 6.07) is 6.93. The van der Waals surface area contributed by atoms with Gasteiger partial charge in [0.25, 0.3) is 5.13 Å². The Labute approximate surface area is 233 Å². The van der Waals surface area contributed by atoms with E-state index in [1.165, 1.54) is 25.4 Å². The average Bonchev–Trinajstić information content (AvgIpc) is 3.40. The van der Waals surface area contributed by atoms with E-state index >= 15 is 4.39 Å². The van der Waals surface area contributed by atoms with Gasteiger partial charge in [0.1, 0.15) is 24.0 Å². The van der Waals surface area contributed by atoms with E-state index in [2.05, 4.69) is 25.4 Å². The van der Waals surface area contributed by atoms with Crippen LogP contribution >= 0.6 is 19.3 Å². The lowest BCUT2D eigenvalue weighted by Gasteiger charge is -2.25. The first-order valence-corrected chi connectivity index (χ1v) is 14.1. The molecule has 5 N–H and O–H groups in total. The third-order valence-electron chi connectivity index (χ3n) is 5.74. The number of imidazole rings is 1. The van der Waals surface area contributed by atoms with Crippen LogP contribution in [0.4, 0.5) is 16.2 Å². The number of aliphatic hydroxyl groups excluding tert-OH is 1. The molecule has 218 valence electrons. The van der Waals surface area contributed by atoms with Crippen molar-refractivity contribution >= 4 is 48.2 Å². The summed E-state index contributed by atoms with van der Waals surface area (Å²) in [7, 11) is -2.73. The first-order valence-electron chi connectivity index (χ1n) is 12.2. The molecule has 0 radical (unpaired) electrons. The summed E-state index contributed by atoms with van der Waals surface area (Å²) in [5.74, 6) is -0.376. The smallest absolute Gasteiger partial charge is 0.459 e. The van der Waals surface area contributed by atoms with Gasteiger partial charge in [0.2, 0.25) is 5.95 Å². The van der Waals surface area contributed by atoms with E-state index in [4.69, 9.17) is 35.9 Å². The zero-order chi connectivity index (χ0) is 29.2. The first kappa shape index (κ1) is 29.9. The van der Waals surface area contributed by atoms with E-state index in [0.717, 1.165) is 4.57 Å². The van der Waals surface area contributed by atoms with Crippen LogP contribution in [-0.4, -0.2) is 73.7 Å². The lowest BCUT2D eigenvalue weighted by atomic mass is 10.1. The van der Waals surface area contributed by atoms with Crippen LogP contribution in [0.15, 0.2) is 36.7 Å². The summed E-state index contributed by atoms with van der Waals surface area (Å²) < 4.78 is 52.6. The number of halogens is 2. The molecule has 0 amide bonds. The molecule has 0 aliphatic carbocycles. The van der Waals surface area contributed by atoms with Crippen molar-refractivity contribution in [1.29, 1.82) is 0 Å². The number of aliphatic hydroxyl groups is 1. The minimum Gasteiger partial charge on any atom is -0.462 e. The fraction of sp³-hybridized carbons (Fsp3) is 0.478. The molecule has 3 heterocycles. The number of nitrogens with one attached hydrogen (secondary N) is 2. The SMILES string of the molecule is CNc1nc(N)nc2c1ncn2[C@@H]1OC(CO[P@@](=O)(NC(C)C(=O)OC(C)C)Oc2ccccc2)[C@@H](O)[C@]1(F)Cl. The predicted molar refractivity (Wildman–Crippen MR) is 143 cm³/mol. The van der Waals surface area contributed by atoms with Gasteiger partial charge in [0, 0.05) is 7.05 Å². The highest BCUT2D eigenvalue weighted by Gasteiger charge is 2.58. The van der Waals surface area contributed by atoms with Crippen molar-refractivity contribution in [2.45, 2.75) is 56.5 Å². The maximum absolute atomic E-state index is 15.7. The molecule has 17 heteroatoms. The Kier molecular flexibility index (Phi) is 8.83. The van der Waals surface area contributed by atoms with E-state index in [1.807, 2.05) is 0 Å². The molecule has 4 rings (SSSR count). The molecule has 0 spiro atoms. The molecule has 1 fully saturated rings. The number of benzene rings is 1. The van der Waals surface area contributed by atoms with E-state index < -0.39 is 56.0 Å². The summed E-state index contributed by atoms with van der Waals surface area (Å²) in [4.78, 5) is 24.7. The fourth-order valence-electron chi connectivity index (χ4n) is 3.89. The van der Waals surface area contributed by atoms with E-state index in [1.54, 1.807) is 39.1 Å². The summed E-state index contributed by atoms with van der Waals surface area (Å²) in [6.07, 6.45) is -4.22. The number of carbonyl (C=O) groups excluding carboxylic acids is 1. The molecule has 0 saturated carbocycles. The predicted octanol–water partition coefficient (Wildman–Crippen LogP) is 2.75. The lowest BCUT2D eigenvalue weighted by molar-refractivity contribution is -0.149. The first-order chi connectivity index (χ1) is 18.8. The third kappa shape index (κ3) is 6.29. The molecule has 1 saturated heterocycles. The number of fused-ring (bicyclic) bond motifs is 1. The van der Waals surface area contributed by atoms with Gasteiger partial charge in [-0.05, 0) is 32.9 Å². The maximum atomic E-state index is 15.7. The number of aromatic nitrogens is 4. The second-order valence-electron chi connectivity index (χ2n) is 9.18. The van der Waals surface area contributed by atoms with Crippen LogP contribution in [0.3, 0.4) is 0 Å². The molecular weight excluding hydrogens is 572 g/mol. The highest BCUT2D eigenvalue weighted by Crippen LogP contribution is 2.49. The van der Waals surface area contributed by atoms with Crippen LogP contribution in [0.5, 0.6) is 5.75 Å². The number of anilines is 2. The number of carbonyl (C=O) groups is 1. The summed E-state index contributed by atoms with van der Waals surface area (Å²) in [5, 5.41) is 13.2. The van der Waals surface area contributed by atoms with E-state index in [0.29, 0.717) is 0 Å². The Morgan fingerprint density at radius 3 is 2.67 bits per heavy atom. The standard InChI is InChI=1S/C23H30ClFN7O7P/c1-12(2)37-20(34)13(3)31-40(35,39-14-8-6-5-7-9-14)36-10-15-17(33)23(24,25)21(38-15)32-11-28-16-18(27-4)29-22(26)30-19(16)32/h5-9,11-13,15,17,21,33H,10H2,1-4H3,(H,31,35)(H3,26,27,29,30)/t13?,15?,17-,21-,23-,40+/m1/s1. The van der Waals surface area contributed by atoms with Crippen molar-refractivity contribution in [2.75, 3.05) is 24.7 Å². The number of nitrogen functional groups attached to an aromatic ring is 1. The molecule has 6 atom stereocenters. The fourth-order valence-corrected chi connectivity index (χ4v) is 5.69. The summed E-state index contributed by atoms with van der Waals surface area (Å²) in [5.41, 5.74) is 6.12. The van der Waals surface area contributed by atoms with Crippen LogP contribution in [0.2, 0.25) is 0 Å². The summed E-state index contributed by atoms with van der Waals surface area (Å²) in [6.45, 7) is 4.09. The van der Waals surface area contributed by atoms with E-state index in [9.17, 15) is 14.5 Å². The van der Waals surface area contributed by atoms with Crippen molar-refractivity contribution in [1.82, 2.24) is 24.6 Å². The monoisotopic (exact) mass is 601 g/mol. The molecule has 1 aromatic carbocycles. The van der Waals surface area contributed by atoms with Crippen molar-refractivity contribution in [3.63, 3.8) is 0 Å². The number of rotatable bonds is 11. The van der Waals surface area contributed by atoms with Gasteiger partial charge in [-0.2, -0.15) is 15.1 Å². The molecule has 2 unspecified atom stereocenters. The molecule has 0 bridgehead atoms. The minimum atomic E-state index is -4.32. The quantitative estimate of drug-likeness (QED) is 0.143. The van der Waals surface area contributed by atoms with Gasteiger partial charge in [-0.3, -0.25) is 13.9 Å². The Morgan fingerprint density at radius 1 is 1.32 bits per heavy atom. The molecular formula is C23H30ClFN7O7P. The lowest BCUT2D eigenvalue weighted by Crippen LogP contribution is -2.40. The number of alkyl halides is 2. The summed E-state index contributed by atoms with van der Waals surface area (Å²) >= 11 is 6.12. The number of nitrogens with zero attached hydrogens (tertiary/aromatic N) is 4. The van der Waals surface area contributed by atoms with Crippen molar-refractivity contribution in [3.8, 4) is 5.75 Å². The van der Waals surface area contributed by atoms with Gasteiger partial charge in [0.05, 0.1) is 19.0 Å². The number of hydrogen-bond acceptors (Lipinski definition) is 12. The van der Waals surface area contributed by atoms with Gasteiger partial charge >= 0.3 is 13.7 Å². The van der Waals surface area contributed by atoms with Crippen LogP contribution in [0.1, 0.15) is 27.0 Å². The van der Waals surface area contributed by atoms with Gasteiger partial charge in [0.15, 0.2) is 23.2 Å². The molecule has 3 aromatic rings. The highest BCUT2D eigenvalue weighted by atomic mass is 35.5. The zero-order valence-electron chi connectivity index (χ0n) is 22.0. The van der Waals surface area contributed by atoms with Crippen LogP contribution in [0, 0.1) is 0 Å². The van der Waals surface area contributed by atoms with Gasteiger partial charge in [-0.25, -0.2) is 13.9 Å². The Bertz CT molecular complexity index is 1400. The Hall–Kier alpha value is -3.07. The molecule has 1 aliphatic rings. The second-order valence-corrected chi connectivity index (χ2v) is 11.5. The number of esters is 1. The van der Waals surface area contributed by atoms with Gasteiger partial charge in [-0.1, -0.05) is 29.8 Å². The number of hydrogen-bond donors (Lipinski definition) is 4. The Balaban J connectivity index is 1.56. The van der Waals surface area contributed by atoms with Crippen LogP contribution < -0.4 is 20.7 Å². The van der Waals surface area contributed by atoms with Gasteiger partial charge < -0.3 is 30.2 Å². The largest absolute Gasteiger partial charge is 0.462 e. The minimum absolute atomic E-state index is 0.0931. The zero-order valence-corrected chi connectivity index (χ0v) is 23.7. The topological polar surface area (TPSA) is 185 Å².